The summed E-state index contributed by atoms with van der Waals surface area (Å²) in [5.74, 6) is 0.609. The van der Waals surface area contributed by atoms with Crippen LogP contribution in [-0.2, 0) is 16.1 Å². The minimum Gasteiger partial charge on any atom is -0.506 e. The minimum atomic E-state index is -0.841. The molecule has 1 amide bonds. The Kier molecular flexibility index (Phi) is 12.4. The molecule has 0 radical (unpaired) electrons. The number of carbonyl (C=O) groups is 2. The molecule has 55 heavy (non-hydrogen) atoms. The molecule has 0 spiro atoms. The minimum absolute atomic E-state index is 0.0540. The SMILES string of the molecule is O=C(NC(c1ccccc1)c1cccc(OCc2csc(C(=O)OCCCCNC[C@H](O)c3ccc(O)c4[nH]c(=O)ccc34)c2)c1)O[C@H]1CN2CCC1CC2. The first kappa shape index (κ1) is 38.1. The van der Waals surface area contributed by atoms with Gasteiger partial charge in [0.25, 0.3) is 0 Å². The number of esters is 1. The first-order valence-electron chi connectivity index (χ1n) is 18.8. The number of piperidine rings is 3. The number of nitrogens with zero attached hydrogens (tertiary/aromatic N) is 1. The van der Waals surface area contributed by atoms with Gasteiger partial charge in [0.15, 0.2) is 0 Å². The van der Waals surface area contributed by atoms with Crippen LogP contribution in [0.1, 0.15) is 69.8 Å². The summed E-state index contributed by atoms with van der Waals surface area (Å²) in [7, 11) is 0. The number of carbonyl (C=O) groups excluding carboxylic acids is 2. The Bertz CT molecular complexity index is 2130. The van der Waals surface area contributed by atoms with E-state index in [4.69, 9.17) is 14.2 Å². The van der Waals surface area contributed by atoms with Crippen LogP contribution in [0.3, 0.4) is 0 Å². The molecule has 12 nitrogen and oxygen atoms in total. The lowest BCUT2D eigenvalue weighted by Gasteiger charge is -2.43. The Labute approximate surface area is 323 Å². The molecule has 5 aromatic rings. The number of aromatic nitrogens is 1. The first-order valence-corrected chi connectivity index (χ1v) is 19.6. The summed E-state index contributed by atoms with van der Waals surface area (Å²) >= 11 is 1.30. The number of hydrogen-bond acceptors (Lipinski definition) is 11. The van der Waals surface area contributed by atoms with Gasteiger partial charge in [-0.3, -0.25) is 9.69 Å². The van der Waals surface area contributed by atoms with Gasteiger partial charge in [0, 0.05) is 30.1 Å². The predicted molar refractivity (Wildman–Crippen MR) is 210 cm³/mol. The van der Waals surface area contributed by atoms with Gasteiger partial charge in [-0.2, -0.15) is 0 Å². The quantitative estimate of drug-likeness (QED) is 0.0591. The standard InChI is InChI=1S/C42H46N4O8S/c47-34-13-11-32(33-12-14-38(49)44-40(33)34)35(48)23-43-17-4-5-20-52-41(50)37-21-27(26-55-37)25-53-31-10-6-9-30(22-31)39(29-7-2-1-3-8-29)45-42(51)54-36-24-46-18-15-28(36)16-19-46/h1-3,6-14,21-22,26,28,35-36,39,43,47-48H,4-5,15-20,23-25H2,(H,44,49)(H,45,51)/t35-,36-,39?/m0/s1. The summed E-state index contributed by atoms with van der Waals surface area (Å²) in [6.45, 7) is 4.35. The number of nitrogens with one attached hydrogen (secondary N) is 3. The number of aromatic hydroxyl groups is 1. The number of aliphatic hydroxyl groups is 1. The number of alkyl carbamates (subject to hydrolysis) is 1. The molecule has 0 saturated carbocycles. The van der Waals surface area contributed by atoms with E-state index < -0.39 is 18.2 Å². The predicted octanol–water partition coefficient (Wildman–Crippen LogP) is 6.04. The van der Waals surface area contributed by atoms with E-state index in [2.05, 4.69) is 20.5 Å². The van der Waals surface area contributed by atoms with Crippen LogP contribution < -0.4 is 20.9 Å². The molecule has 288 valence electrons. The zero-order valence-corrected chi connectivity index (χ0v) is 31.3. The Morgan fingerprint density at radius 3 is 2.58 bits per heavy atom. The number of phenolic OH excluding ortho intramolecular Hbond substituents is 1. The number of amides is 1. The van der Waals surface area contributed by atoms with Gasteiger partial charge in [-0.15, -0.1) is 11.3 Å². The van der Waals surface area contributed by atoms with Crippen molar-refractivity contribution < 1.29 is 34.0 Å². The van der Waals surface area contributed by atoms with Crippen LogP contribution in [-0.4, -0.2) is 77.6 Å². The number of unbranched alkanes of at least 4 members (excludes halogenated alkanes) is 1. The Morgan fingerprint density at radius 2 is 1.78 bits per heavy atom. The van der Waals surface area contributed by atoms with E-state index >= 15 is 0 Å². The molecule has 3 aliphatic rings. The molecular formula is C42H46N4O8S. The van der Waals surface area contributed by atoms with Gasteiger partial charge in [-0.1, -0.05) is 48.5 Å². The van der Waals surface area contributed by atoms with Crippen molar-refractivity contribution in [3.05, 3.63) is 128 Å². The number of ether oxygens (including phenoxy) is 3. The highest BCUT2D eigenvalue weighted by molar-refractivity contribution is 7.12. The molecule has 2 bridgehead atoms. The third-order valence-electron chi connectivity index (χ3n) is 10.3. The fourth-order valence-corrected chi connectivity index (χ4v) is 8.12. The van der Waals surface area contributed by atoms with E-state index in [1.807, 2.05) is 60.0 Å². The largest absolute Gasteiger partial charge is 0.506 e. The molecule has 13 heteroatoms. The van der Waals surface area contributed by atoms with E-state index in [9.17, 15) is 24.6 Å². The first-order chi connectivity index (χ1) is 26.8. The van der Waals surface area contributed by atoms with E-state index in [1.165, 1.54) is 23.5 Å². The number of pyridine rings is 1. The normalized spacial score (nSPS) is 18.7. The number of benzene rings is 3. The summed E-state index contributed by atoms with van der Waals surface area (Å²) in [5.41, 5.74) is 3.20. The van der Waals surface area contributed by atoms with Gasteiger partial charge >= 0.3 is 12.1 Å². The maximum absolute atomic E-state index is 13.2. The number of hydrogen-bond donors (Lipinski definition) is 5. The number of fused-ring (bicyclic) bond motifs is 4. The van der Waals surface area contributed by atoms with E-state index in [-0.39, 0.29) is 43.1 Å². The lowest BCUT2D eigenvalue weighted by Crippen LogP contribution is -2.52. The van der Waals surface area contributed by atoms with Crippen LogP contribution in [0.15, 0.2) is 95.1 Å². The van der Waals surface area contributed by atoms with Crippen molar-refractivity contribution in [1.29, 1.82) is 0 Å². The monoisotopic (exact) mass is 766 g/mol. The van der Waals surface area contributed by atoms with E-state index in [1.54, 1.807) is 18.2 Å². The van der Waals surface area contributed by atoms with Crippen LogP contribution in [0.25, 0.3) is 10.9 Å². The van der Waals surface area contributed by atoms with Crippen LogP contribution in [0.4, 0.5) is 4.79 Å². The number of rotatable bonds is 16. The molecule has 5 heterocycles. The maximum Gasteiger partial charge on any atom is 0.408 e. The van der Waals surface area contributed by atoms with Crippen molar-refractivity contribution in [3.8, 4) is 11.5 Å². The highest BCUT2D eigenvalue weighted by atomic mass is 32.1. The zero-order valence-electron chi connectivity index (χ0n) is 30.4. The number of phenols is 1. The molecule has 3 fully saturated rings. The molecule has 3 aromatic carbocycles. The van der Waals surface area contributed by atoms with E-state index in [0.717, 1.165) is 55.6 Å². The molecule has 8 rings (SSSR count). The van der Waals surface area contributed by atoms with Gasteiger partial charge in [0.1, 0.15) is 29.1 Å². The summed E-state index contributed by atoms with van der Waals surface area (Å²) in [6, 6.07) is 24.8. The molecule has 5 N–H and O–H groups in total. The van der Waals surface area contributed by atoms with Crippen molar-refractivity contribution >= 4 is 34.3 Å². The molecule has 3 saturated heterocycles. The summed E-state index contributed by atoms with van der Waals surface area (Å²) < 4.78 is 17.6. The van der Waals surface area contributed by atoms with Gasteiger partial charge in [-0.25, -0.2) is 9.59 Å². The Balaban J connectivity index is 0.849. The molecule has 3 atom stereocenters. The number of H-pyrrole nitrogens is 1. The molecule has 0 aliphatic carbocycles. The molecule has 1 unspecified atom stereocenters. The Morgan fingerprint density at radius 1 is 0.964 bits per heavy atom. The summed E-state index contributed by atoms with van der Waals surface area (Å²) in [6.07, 6.45) is 2.15. The fourth-order valence-electron chi connectivity index (χ4n) is 7.33. The number of aliphatic hydroxyl groups excluding tert-OH is 1. The van der Waals surface area contributed by atoms with Crippen molar-refractivity contribution in [2.75, 3.05) is 39.3 Å². The summed E-state index contributed by atoms with van der Waals surface area (Å²) in [5, 5.41) is 29.6. The molecule has 2 aromatic heterocycles. The van der Waals surface area contributed by atoms with Gasteiger partial charge in [0.2, 0.25) is 5.56 Å². The van der Waals surface area contributed by atoms with Crippen molar-refractivity contribution in [2.45, 2.75) is 50.5 Å². The van der Waals surface area contributed by atoms with E-state index in [0.29, 0.717) is 46.0 Å². The number of thiophene rings is 1. The Hall–Kier alpha value is -5.21. The highest BCUT2D eigenvalue weighted by Crippen LogP contribution is 2.31. The second kappa shape index (κ2) is 17.9. The summed E-state index contributed by atoms with van der Waals surface area (Å²) in [4.78, 5) is 43.0. The molecule has 3 aliphatic heterocycles. The third kappa shape index (κ3) is 9.73. The van der Waals surface area contributed by atoms with Crippen molar-refractivity contribution in [3.63, 3.8) is 0 Å². The lowest BCUT2D eigenvalue weighted by molar-refractivity contribution is -0.0336. The third-order valence-corrected chi connectivity index (χ3v) is 11.2. The van der Waals surface area contributed by atoms with Gasteiger partial charge < -0.3 is 40.0 Å². The van der Waals surface area contributed by atoms with Crippen LogP contribution in [0.5, 0.6) is 11.5 Å². The van der Waals surface area contributed by atoms with Gasteiger partial charge in [-0.05, 0) is 104 Å². The molecular weight excluding hydrogens is 721 g/mol. The number of aromatic amines is 1. The van der Waals surface area contributed by atoms with Crippen LogP contribution >= 0.6 is 11.3 Å². The van der Waals surface area contributed by atoms with Gasteiger partial charge in [0.05, 0.1) is 24.3 Å². The highest BCUT2D eigenvalue weighted by Gasteiger charge is 2.37. The van der Waals surface area contributed by atoms with Crippen LogP contribution in [0.2, 0.25) is 0 Å². The van der Waals surface area contributed by atoms with Crippen molar-refractivity contribution in [1.82, 2.24) is 20.5 Å². The van der Waals surface area contributed by atoms with Crippen LogP contribution in [0, 0.1) is 5.92 Å². The van der Waals surface area contributed by atoms with Crippen molar-refractivity contribution in [2.24, 2.45) is 5.92 Å². The second-order valence-corrected chi connectivity index (χ2v) is 15.0. The fraction of sp³-hybridized carbons (Fsp3) is 0.357. The second-order valence-electron chi connectivity index (χ2n) is 14.1. The maximum atomic E-state index is 13.2. The topological polar surface area (TPSA) is 162 Å². The average molecular weight is 767 g/mol. The smallest absolute Gasteiger partial charge is 0.408 e. The zero-order chi connectivity index (χ0) is 38.1. The lowest BCUT2D eigenvalue weighted by atomic mass is 9.86. The average Bonchev–Trinajstić information content (AvgIpc) is 3.69.